The van der Waals surface area contributed by atoms with Crippen LogP contribution in [0.1, 0.15) is 34.8 Å². The average molecular weight is 373 g/mol. The van der Waals surface area contributed by atoms with E-state index in [1.54, 1.807) is 17.5 Å². The molecule has 1 aliphatic carbocycles. The van der Waals surface area contributed by atoms with Crippen molar-refractivity contribution >= 4 is 28.6 Å². The molecule has 4 rings (SSSR count). The van der Waals surface area contributed by atoms with E-state index >= 15 is 0 Å². The summed E-state index contributed by atoms with van der Waals surface area (Å²) in [7, 11) is 0. The van der Waals surface area contributed by atoms with Crippen molar-refractivity contribution in [1.82, 2.24) is 15.3 Å². The van der Waals surface area contributed by atoms with E-state index in [-0.39, 0.29) is 17.8 Å². The van der Waals surface area contributed by atoms with E-state index in [0.29, 0.717) is 5.69 Å². The first-order valence-electron chi connectivity index (χ1n) is 8.10. The third-order valence-corrected chi connectivity index (χ3v) is 6.19. The molecule has 1 saturated carbocycles. The number of hydrogen-bond donors (Lipinski definition) is 1. The minimum atomic E-state index is -0.276. The molecule has 1 aliphatic rings. The number of thiazole rings is 2. The van der Waals surface area contributed by atoms with Crippen LogP contribution in [0.25, 0.3) is 21.1 Å². The Bertz CT molecular complexity index is 913. The van der Waals surface area contributed by atoms with Crippen molar-refractivity contribution in [3.05, 3.63) is 46.2 Å². The average Bonchev–Trinajstić information content (AvgIpc) is 3.18. The molecule has 0 saturated heterocycles. The quantitative estimate of drug-likeness (QED) is 0.723. The number of aryl methyl sites for hydroxylation is 1. The van der Waals surface area contributed by atoms with Gasteiger partial charge in [-0.05, 0) is 50.5 Å². The van der Waals surface area contributed by atoms with Crippen LogP contribution >= 0.6 is 22.7 Å². The molecule has 0 aliphatic heterocycles. The van der Waals surface area contributed by atoms with Gasteiger partial charge >= 0.3 is 0 Å². The van der Waals surface area contributed by atoms with E-state index in [1.807, 2.05) is 6.92 Å². The lowest BCUT2D eigenvalue weighted by Crippen LogP contribution is -2.39. The third kappa shape index (κ3) is 3.34. The molecule has 4 nitrogen and oxygen atoms in total. The molecule has 0 spiro atoms. The maximum atomic E-state index is 13.2. The zero-order valence-corrected chi connectivity index (χ0v) is 15.2. The van der Waals surface area contributed by atoms with Crippen LogP contribution in [0.3, 0.4) is 0 Å². The van der Waals surface area contributed by atoms with Crippen LogP contribution in [0.15, 0.2) is 29.6 Å². The van der Waals surface area contributed by atoms with E-state index in [0.717, 1.165) is 39.0 Å². The van der Waals surface area contributed by atoms with Gasteiger partial charge in [0.2, 0.25) is 0 Å². The fourth-order valence-electron chi connectivity index (χ4n) is 2.67. The normalized spacial score (nSPS) is 14.3. The number of nitrogens with zero attached hydrogens (tertiary/aromatic N) is 2. The molecule has 7 heteroatoms. The van der Waals surface area contributed by atoms with Crippen molar-refractivity contribution in [3.63, 3.8) is 0 Å². The molecule has 25 heavy (non-hydrogen) atoms. The van der Waals surface area contributed by atoms with Crippen LogP contribution in [0, 0.1) is 12.7 Å². The van der Waals surface area contributed by atoms with Gasteiger partial charge in [-0.3, -0.25) is 4.79 Å². The summed E-state index contributed by atoms with van der Waals surface area (Å²) in [6.45, 7) is 1.93. The fraction of sp³-hybridized carbons (Fsp3) is 0.278. The van der Waals surface area contributed by atoms with Gasteiger partial charge < -0.3 is 5.32 Å². The van der Waals surface area contributed by atoms with Crippen molar-refractivity contribution < 1.29 is 9.18 Å². The predicted octanol–water partition coefficient (Wildman–Crippen LogP) is 4.66. The minimum Gasteiger partial charge on any atom is -0.348 e. The highest BCUT2D eigenvalue weighted by atomic mass is 32.1. The maximum Gasteiger partial charge on any atom is 0.270 e. The fourth-order valence-corrected chi connectivity index (χ4v) is 4.50. The SMILES string of the molecule is Cc1nc(-c2ccc(F)cc2)c(-c2nc(C(=O)NC3CCC3)cs2)s1. The molecule has 2 aromatic heterocycles. The summed E-state index contributed by atoms with van der Waals surface area (Å²) in [6.07, 6.45) is 3.27. The predicted molar refractivity (Wildman–Crippen MR) is 98.5 cm³/mol. The lowest BCUT2D eigenvalue weighted by atomic mass is 9.93. The second kappa shape index (κ2) is 6.65. The van der Waals surface area contributed by atoms with Crippen molar-refractivity contribution in [1.29, 1.82) is 0 Å². The summed E-state index contributed by atoms with van der Waals surface area (Å²) >= 11 is 2.97. The number of nitrogens with one attached hydrogen (secondary N) is 1. The molecule has 0 bridgehead atoms. The van der Waals surface area contributed by atoms with Gasteiger partial charge in [-0.15, -0.1) is 22.7 Å². The van der Waals surface area contributed by atoms with Gasteiger partial charge in [0, 0.05) is 17.0 Å². The number of benzene rings is 1. The molecule has 128 valence electrons. The first-order chi connectivity index (χ1) is 12.1. The smallest absolute Gasteiger partial charge is 0.270 e. The molecule has 0 atom stereocenters. The Morgan fingerprint density at radius 1 is 1.24 bits per heavy atom. The van der Waals surface area contributed by atoms with Crippen molar-refractivity contribution in [2.75, 3.05) is 0 Å². The molecule has 0 unspecified atom stereocenters. The Hall–Kier alpha value is -2.12. The summed E-state index contributed by atoms with van der Waals surface area (Å²) in [5.74, 6) is -0.391. The van der Waals surface area contributed by atoms with Crippen LogP contribution in [-0.4, -0.2) is 21.9 Å². The van der Waals surface area contributed by atoms with Crippen molar-refractivity contribution in [2.45, 2.75) is 32.2 Å². The van der Waals surface area contributed by atoms with E-state index in [2.05, 4.69) is 15.3 Å². The zero-order valence-electron chi connectivity index (χ0n) is 13.6. The Balaban J connectivity index is 1.64. The van der Waals surface area contributed by atoms with Gasteiger partial charge in [0.25, 0.3) is 5.91 Å². The van der Waals surface area contributed by atoms with Crippen LogP contribution < -0.4 is 5.32 Å². The van der Waals surface area contributed by atoms with Gasteiger partial charge in [-0.1, -0.05) is 0 Å². The van der Waals surface area contributed by atoms with Crippen LogP contribution in [-0.2, 0) is 0 Å². The standard InChI is InChI=1S/C18H16FN3OS2/c1-10-20-15(11-5-7-12(19)8-6-11)16(25-10)18-22-14(9-24-18)17(23)21-13-3-2-4-13/h5-9,13H,2-4H2,1H3,(H,21,23). The summed E-state index contributed by atoms with van der Waals surface area (Å²) in [5.41, 5.74) is 2.07. The van der Waals surface area contributed by atoms with Gasteiger partial charge in [-0.25, -0.2) is 14.4 Å². The molecule has 1 N–H and O–H groups in total. The molecule has 2 heterocycles. The number of halogens is 1. The van der Waals surface area contributed by atoms with Gasteiger partial charge in [0.1, 0.15) is 16.5 Å². The maximum absolute atomic E-state index is 13.2. The number of aromatic nitrogens is 2. The minimum absolute atomic E-state index is 0.114. The lowest BCUT2D eigenvalue weighted by molar-refractivity contribution is 0.0912. The lowest BCUT2D eigenvalue weighted by Gasteiger charge is -2.25. The highest BCUT2D eigenvalue weighted by molar-refractivity contribution is 7.21. The van der Waals surface area contributed by atoms with Crippen LogP contribution in [0.5, 0.6) is 0 Å². The largest absolute Gasteiger partial charge is 0.348 e. The van der Waals surface area contributed by atoms with Crippen LogP contribution in [0.4, 0.5) is 4.39 Å². The first kappa shape index (κ1) is 16.4. The second-order valence-electron chi connectivity index (χ2n) is 6.06. The first-order valence-corrected chi connectivity index (χ1v) is 9.80. The summed E-state index contributed by atoms with van der Waals surface area (Å²) in [5, 5.41) is 6.47. The molecule has 3 aromatic rings. The Morgan fingerprint density at radius 3 is 2.68 bits per heavy atom. The Kier molecular flexibility index (Phi) is 4.35. The van der Waals surface area contributed by atoms with Crippen molar-refractivity contribution in [3.8, 4) is 21.1 Å². The van der Waals surface area contributed by atoms with E-state index in [4.69, 9.17) is 0 Å². The number of carbonyl (C=O) groups excluding carboxylic acids is 1. The van der Waals surface area contributed by atoms with Gasteiger partial charge in [-0.2, -0.15) is 0 Å². The molecular weight excluding hydrogens is 357 g/mol. The van der Waals surface area contributed by atoms with Crippen LogP contribution in [0.2, 0.25) is 0 Å². The topological polar surface area (TPSA) is 54.9 Å². The van der Waals surface area contributed by atoms with E-state index in [1.165, 1.54) is 41.2 Å². The van der Waals surface area contributed by atoms with Gasteiger partial charge in [0.15, 0.2) is 0 Å². The highest BCUT2D eigenvalue weighted by Crippen LogP contribution is 2.38. The zero-order chi connectivity index (χ0) is 17.4. The summed E-state index contributed by atoms with van der Waals surface area (Å²) in [4.78, 5) is 22.3. The van der Waals surface area contributed by atoms with E-state index < -0.39 is 0 Å². The summed E-state index contributed by atoms with van der Waals surface area (Å²) < 4.78 is 13.2. The Labute approximate surface area is 152 Å². The van der Waals surface area contributed by atoms with Gasteiger partial charge in [0.05, 0.1) is 15.6 Å². The van der Waals surface area contributed by atoms with Crippen molar-refractivity contribution in [2.24, 2.45) is 0 Å². The number of carbonyl (C=O) groups is 1. The number of amides is 1. The molecule has 1 aromatic carbocycles. The number of rotatable bonds is 4. The third-order valence-electron chi connectivity index (χ3n) is 4.22. The molecular formula is C18H16FN3OS2. The molecule has 1 fully saturated rings. The monoisotopic (exact) mass is 373 g/mol. The summed E-state index contributed by atoms with van der Waals surface area (Å²) in [6, 6.07) is 6.56. The number of hydrogen-bond acceptors (Lipinski definition) is 5. The molecule has 0 radical (unpaired) electrons. The Morgan fingerprint density at radius 2 is 2.00 bits per heavy atom. The van der Waals surface area contributed by atoms with E-state index in [9.17, 15) is 9.18 Å². The highest BCUT2D eigenvalue weighted by Gasteiger charge is 2.23. The second-order valence-corrected chi connectivity index (χ2v) is 8.12. The molecule has 1 amide bonds.